The van der Waals surface area contributed by atoms with Crippen molar-refractivity contribution in [2.45, 2.75) is 51.1 Å². The summed E-state index contributed by atoms with van der Waals surface area (Å²) < 4.78 is 34.0. The number of hydrogen-bond donors (Lipinski definition) is 2. The minimum atomic E-state index is -4.18. The Morgan fingerprint density at radius 1 is 1.14 bits per heavy atom. The van der Waals surface area contributed by atoms with Gasteiger partial charge in [0.25, 0.3) is 5.91 Å². The van der Waals surface area contributed by atoms with E-state index in [9.17, 15) is 23.2 Å². The maximum absolute atomic E-state index is 13.9. The molecular weight excluding hydrogens is 484 g/mol. The summed E-state index contributed by atoms with van der Waals surface area (Å²) in [6.45, 7) is 6.23. The molecule has 0 radical (unpaired) electrons. The first-order chi connectivity index (χ1) is 17.0. The van der Waals surface area contributed by atoms with Gasteiger partial charge in [-0.1, -0.05) is 20.8 Å². The number of hydrogen-bond acceptors (Lipinski definition) is 7. The molecule has 196 valence electrons. The van der Waals surface area contributed by atoms with E-state index in [4.69, 9.17) is 4.74 Å². The Kier molecular flexibility index (Phi) is 8.70. The molecule has 2 N–H and O–H groups in total. The van der Waals surface area contributed by atoms with Crippen molar-refractivity contribution < 1.29 is 28.0 Å². The normalized spacial score (nSPS) is 16.0. The number of methoxy groups -OCH3 is 1. The molecule has 1 fully saturated rings. The van der Waals surface area contributed by atoms with Gasteiger partial charge in [-0.25, -0.2) is 13.9 Å². The summed E-state index contributed by atoms with van der Waals surface area (Å²) in [4.78, 5) is 31.5. The van der Waals surface area contributed by atoms with Crippen molar-refractivity contribution in [2.24, 2.45) is 11.3 Å². The van der Waals surface area contributed by atoms with Crippen LogP contribution in [0, 0.1) is 11.3 Å². The molecule has 2 aromatic rings. The molecule has 1 aliphatic heterocycles. The van der Waals surface area contributed by atoms with Crippen molar-refractivity contribution in [3.8, 4) is 5.75 Å². The molecule has 2 amide bonds. The van der Waals surface area contributed by atoms with Crippen molar-refractivity contribution in [3.05, 3.63) is 54.4 Å². The van der Waals surface area contributed by atoms with Gasteiger partial charge in [0.2, 0.25) is 15.9 Å². The Morgan fingerprint density at radius 3 is 2.22 bits per heavy atom. The van der Waals surface area contributed by atoms with Crippen LogP contribution in [0.25, 0.3) is 0 Å². The third-order valence-electron chi connectivity index (χ3n) is 6.36. The van der Waals surface area contributed by atoms with E-state index in [1.807, 2.05) is 20.8 Å². The number of hydroxylamine groups is 1. The van der Waals surface area contributed by atoms with E-state index in [1.165, 1.54) is 31.4 Å². The van der Waals surface area contributed by atoms with Crippen molar-refractivity contribution in [1.29, 1.82) is 0 Å². The number of likely N-dealkylation sites (tertiary alicyclic amines) is 1. The first-order valence-electron chi connectivity index (χ1n) is 11.8. The number of sulfonamides is 1. The van der Waals surface area contributed by atoms with Crippen LogP contribution in [0.5, 0.6) is 5.75 Å². The van der Waals surface area contributed by atoms with Crippen molar-refractivity contribution in [3.63, 3.8) is 0 Å². The number of carbonyl (C=O) groups excluding carboxylic acids is 2. The fraction of sp³-hybridized carbons (Fsp3) is 0.480. The van der Waals surface area contributed by atoms with E-state index >= 15 is 0 Å². The molecule has 1 saturated heterocycles. The Bertz CT molecular complexity index is 1140. The average Bonchev–Trinajstić information content (AvgIpc) is 2.88. The number of nitrogens with one attached hydrogen (secondary N) is 1. The van der Waals surface area contributed by atoms with Gasteiger partial charge in [0, 0.05) is 37.4 Å². The van der Waals surface area contributed by atoms with E-state index in [2.05, 4.69) is 4.98 Å². The lowest BCUT2D eigenvalue weighted by atomic mass is 9.86. The summed E-state index contributed by atoms with van der Waals surface area (Å²) in [5.74, 6) is -0.739. The summed E-state index contributed by atoms with van der Waals surface area (Å²) in [5, 5.41) is 9.59. The number of aromatic nitrogens is 1. The first kappa shape index (κ1) is 27.6. The van der Waals surface area contributed by atoms with Gasteiger partial charge in [-0.3, -0.25) is 19.8 Å². The Balaban J connectivity index is 1.98. The highest BCUT2D eigenvalue weighted by molar-refractivity contribution is 7.89. The zero-order valence-electron chi connectivity index (χ0n) is 21.0. The minimum absolute atomic E-state index is 0.00334. The maximum atomic E-state index is 13.9. The second-order valence-electron chi connectivity index (χ2n) is 9.88. The van der Waals surface area contributed by atoms with Gasteiger partial charge in [-0.15, -0.1) is 0 Å². The van der Waals surface area contributed by atoms with Crippen molar-refractivity contribution in [1.82, 2.24) is 19.7 Å². The number of pyridine rings is 1. The molecule has 0 bridgehead atoms. The number of carbonyl (C=O) groups is 2. The number of rotatable bonds is 8. The van der Waals surface area contributed by atoms with Gasteiger partial charge in [-0.2, -0.15) is 4.31 Å². The molecule has 1 aromatic carbocycles. The lowest BCUT2D eigenvalue weighted by molar-refractivity contribution is -0.142. The molecule has 0 unspecified atom stereocenters. The predicted octanol–water partition coefficient (Wildman–Crippen LogP) is 2.44. The van der Waals surface area contributed by atoms with E-state index in [-0.39, 0.29) is 17.3 Å². The molecule has 2 heterocycles. The monoisotopic (exact) mass is 518 g/mol. The molecule has 0 saturated carbocycles. The smallest absolute Gasteiger partial charge is 0.262 e. The predicted molar refractivity (Wildman–Crippen MR) is 132 cm³/mol. The van der Waals surface area contributed by atoms with Crippen molar-refractivity contribution in [2.75, 3.05) is 20.2 Å². The highest BCUT2D eigenvalue weighted by Crippen LogP contribution is 2.32. The largest absolute Gasteiger partial charge is 0.497 e. The summed E-state index contributed by atoms with van der Waals surface area (Å²) in [6, 6.07) is 8.08. The topological polar surface area (TPSA) is 129 Å². The van der Waals surface area contributed by atoms with Gasteiger partial charge in [0.05, 0.1) is 12.0 Å². The van der Waals surface area contributed by atoms with Crippen LogP contribution >= 0.6 is 0 Å². The summed E-state index contributed by atoms with van der Waals surface area (Å²) in [7, 11) is -2.69. The number of amides is 2. The SMILES string of the molecule is COc1ccc(S(=O)(=O)N(Cc2ccncc2)[C@@H](C(=O)NO)C2CCN(C(=O)C(C)(C)C)CC2)cc1. The van der Waals surface area contributed by atoms with Crippen LogP contribution in [0.2, 0.25) is 0 Å². The third-order valence-corrected chi connectivity index (χ3v) is 8.20. The molecule has 3 rings (SSSR count). The number of nitrogens with zero attached hydrogens (tertiary/aromatic N) is 3. The zero-order valence-corrected chi connectivity index (χ0v) is 21.9. The summed E-state index contributed by atoms with van der Waals surface area (Å²) in [5.41, 5.74) is 1.77. The van der Waals surface area contributed by atoms with Gasteiger partial charge < -0.3 is 9.64 Å². The van der Waals surface area contributed by atoms with Gasteiger partial charge in [-0.05, 0) is 60.7 Å². The quantitative estimate of drug-likeness (QED) is 0.406. The molecule has 0 spiro atoms. The van der Waals surface area contributed by atoms with E-state index in [1.54, 1.807) is 34.9 Å². The summed E-state index contributed by atoms with van der Waals surface area (Å²) >= 11 is 0. The maximum Gasteiger partial charge on any atom is 0.262 e. The molecule has 1 atom stereocenters. The van der Waals surface area contributed by atoms with Crippen LogP contribution in [-0.2, 0) is 26.2 Å². The Hall–Kier alpha value is -3.02. The molecule has 10 nitrogen and oxygen atoms in total. The van der Waals surface area contributed by atoms with E-state index in [0.717, 1.165) is 4.31 Å². The van der Waals surface area contributed by atoms with Crippen LogP contribution in [0.3, 0.4) is 0 Å². The fourth-order valence-electron chi connectivity index (χ4n) is 4.42. The Morgan fingerprint density at radius 2 is 1.72 bits per heavy atom. The molecule has 11 heteroatoms. The molecule has 1 aliphatic rings. The molecule has 36 heavy (non-hydrogen) atoms. The lowest BCUT2D eigenvalue weighted by Gasteiger charge is -2.40. The van der Waals surface area contributed by atoms with Gasteiger partial charge >= 0.3 is 0 Å². The van der Waals surface area contributed by atoms with E-state index in [0.29, 0.717) is 37.2 Å². The first-order valence-corrected chi connectivity index (χ1v) is 13.2. The van der Waals surface area contributed by atoms with Crippen molar-refractivity contribution >= 4 is 21.8 Å². The third kappa shape index (κ3) is 6.21. The van der Waals surface area contributed by atoms with Gasteiger partial charge in [0.1, 0.15) is 11.8 Å². The minimum Gasteiger partial charge on any atom is -0.497 e. The lowest BCUT2D eigenvalue weighted by Crippen LogP contribution is -2.55. The van der Waals surface area contributed by atoms with Crippen LogP contribution < -0.4 is 10.2 Å². The van der Waals surface area contributed by atoms with Crippen LogP contribution in [0.1, 0.15) is 39.2 Å². The van der Waals surface area contributed by atoms with Crippen LogP contribution in [-0.4, -0.2) is 65.9 Å². The zero-order chi connectivity index (χ0) is 26.5. The van der Waals surface area contributed by atoms with Crippen LogP contribution in [0.4, 0.5) is 0 Å². The number of piperidine rings is 1. The van der Waals surface area contributed by atoms with Gasteiger partial charge in [0.15, 0.2) is 0 Å². The average molecular weight is 519 g/mol. The number of benzene rings is 1. The molecular formula is C25H34N4O6S. The number of ether oxygens (including phenoxy) is 1. The molecule has 1 aromatic heterocycles. The van der Waals surface area contributed by atoms with Crippen LogP contribution in [0.15, 0.2) is 53.7 Å². The fourth-order valence-corrected chi connectivity index (χ4v) is 6.06. The second kappa shape index (κ2) is 11.4. The van der Waals surface area contributed by atoms with E-state index < -0.39 is 33.3 Å². The standard InChI is InChI=1S/C25H34N4O6S/c1-25(2,3)24(31)28-15-11-19(12-16-28)22(23(30)27-32)29(17-18-9-13-26-14-10-18)36(33,34)21-7-5-20(35-4)6-8-21/h5-10,13-14,19,22,32H,11-12,15-17H2,1-4H3,(H,27,30)/t22-/m1/s1. The summed E-state index contributed by atoms with van der Waals surface area (Å²) in [6.07, 6.45) is 3.91. The highest BCUT2D eigenvalue weighted by atomic mass is 32.2. The second-order valence-corrected chi connectivity index (χ2v) is 11.8. The highest BCUT2D eigenvalue weighted by Gasteiger charge is 2.43. The Labute approximate surface area is 212 Å². The molecule has 0 aliphatic carbocycles.